The number of tetrazole rings is 1. The van der Waals surface area contributed by atoms with Crippen molar-refractivity contribution in [3.63, 3.8) is 0 Å². The average molecular weight is 1020 g/mol. The highest BCUT2D eigenvalue weighted by molar-refractivity contribution is 7.92. The van der Waals surface area contributed by atoms with Crippen molar-refractivity contribution >= 4 is 56.7 Å². The maximum Gasteiger partial charge on any atom is 0.326 e. The first-order valence-electron chi connectivity index (χ1n) is 24.9. The highest BCUT2D eigenvalue weighted by Crippen LogP contribution is 2.15. The molecule has 22 nitrogen and oxygen atoms in total. The number of Topliss-reactive ketones (excluding diaryl/α,β-unsaturated/α-hetero) is 4. The number of aryl methyl sites for hydroxylation is 1. The first kappa shape index (κ1) is 63.4. The number of aromatic amines is 1. The van der Waals surface area contributed by atoms with Gasteiger partial charge in [0.05, 0.1) is 44.7 Å². The molecule has 0 aliphatic rings. The number of carboxylic acids is 2. The molecule has 0 unspecified atom stereocenters. The number of nitrogens with zero attached hydrogens (tertiary/aromatic N) is 3. The molecule has 1 aromatic rings. The normalized spacial score (nSPS) is 12.3. The number of carbonyl (C=O) groups is 8. The molecule has 70 heavy (non-hydrogen) atoms. The number of aliphatic carboxylic acids is 2. The van der Waals surface area contributed by atoms with Crippen LogP contribution in [0.2, 0.25) is 0 Å². The number of amides is 2. The van der Waals surface area contributed by atoms with Crippen LogP contribution in [-0.2, 0) is 73.6 Å². The van der Waals surface area contributed by atoms with E-state index < -0.39 is 57.6 Å². The molecule has 1 heterocycles. The Bertz CT molecular complexity index is 1770. The number of carboxylic acid groups (broad SMARTS) is 2. The van der Waals surface area contributed by atoms with Gasteiger partial charge in [0.25, 0.3) is 0 Å². The second-order valence-electron chi connectivity index (χ2n) is 17.5. The summed E-state index contributed by atoms with van der Waals surface area (Å²) in [4.78, 5) is 95.0. The summed E-state index contributed by atoms with van der Waals surface area (Å²) >= 11 is 0. The number of hydrogen-bond donors (Lipinski definition) is 5. The Kier molecular flexibility index (Phi) is 37.2. The number of rotatable bonds is 50. The highest BCUT2D eigenvalue weighted by atomic mass is 32.2. The number of unbranched alkanes of at least 4 members (excludes halogenated alkanes) is 12. The lowest BCUT2D eigenvalue weighted by Crippen LogP contribution is -2.41. The standard InChI is InChI=1S/C47H80N6O16S/c1-37(54)21-23-42(47(62)63)49-44(58)24-22-38(46(60)61)33-41(57)34-68-30-29-67-27-25-48-45(59)35-69-31-28-66-26-15-18-39(55)19-16-32-70(64,65)36-40(56)17-13-11-9-7-5-3-2-4-6-8-10-12-14-20-43-50-52-53-51-43/h38,42H,2-36H2,1H3,(H,48,59)(H,49,58)(H,60,61)(H,62,63)(H,50,51,52,53)/t38-,42+/m1/s1. The molecular formula is C47H80N6O16S. The van der Waals surface area contributed by atoms with E-state index in [1.54, 1.807) is 0 Å². The predicted molar refractivity (Wildman–Crippen MR) is 255 cm³/mol. The topological polar surface area (TPSA) is 327 Å². The first-order chi connectivity index (χ1) is 33.6. The molecular weight excluding hydrogens is 937 g/mol. The number of aromatic nitrogens is 4. The van der Waals surface area contributed by atoms with Crippen molar-refractivity contribution in [1.29, 1.82) is 0 Å². The Morgan fingerprint density at radius 2 is 1.16 bits per heavy atom. The van der Waals surface area contributed by atoms with E-state index in [2.05, 4.69) is 31.3 Å². The molecule has 1 aromatic heterocycles. The lowest BCUT2D eigenvalue weighted by Gasteiger charge is -2.15. The average Bonchev–Trinajstić information content (AvgIpc) is 3.82. The molecule has 2 amide bonds. The third-order valence-corrected chi connectivity index (χ3v) is 12.7. The lowest BCUT2D eigenvalue weighted by atomic mass is 9.97. The molecule has 23 heteroatoms. The van der Waals surface area contributed by atoms with Gasteiger partial charge in [-0.15, -0.1) is 10.2 Å². The Labute approximate surface area is 412 Å². The third-order valence-electron chi connectivity index (χ3n) is 11.1. The Balaban J connectivity index is 1.94. The molecule has 0 radical (unpaired) electrons. The highest BCUT2D eigenvalue weighted by Gasteiger charge is 2.25. The van der Waals surface area contributed by atoms with Crippen LogP contribution in [0.15, 0.2) is 0 Å². The number of nitrogens with one attached hydrogen (secondary N) is 3. The van der Waals surface area contributed by atoms with Gasteiger partial charge in [-0.05, 0) is 45.4 Å². The first-order valence-corrected chi connectivity index (χ1v) is 26.7. The van der Waals surface area contributed by atoms with Crippen LogP contribution in [-0.4, -0.2) is 163 Å². The second-order valence-corrected chi connectivity index (χ2v) is 19.7. The van der Waals surface area contributed by atoms with Crippen molar-refractivity contribution in [2.24, 2.45) is 5.92 Å². The summed E-state index contributed by atoms with van der Waals surface area (Å²) in [6.45, 7) is 1.82. The van der Waals surface area contributed by atoms with E-state index in [-0.39, 0.29) is 133 Å². The minimum Gasteiger partial charge on any atom is -0.481 e. The van der Waals surface area contributed by atoms with Crippen molar-refractivity contribution < 1.29 is 75.9 Å². The SMILES string of the molecule is CC(=O)CC[C@H](NC(=O)CC[C@H](CC(=O)COCCOCCNC(=O)COCCOCCCC(=O)CCCS(=O)(=O)CC(=O)CCCCCCCCCCCCCCCc1nn[nH]n1)C(=O)O)C(=O)O. The maximum absolute atomic E-state index is 12.4. The molecule has 1 rings (SSSR count). The van der Waals surface area contributed by atoms with E-state index in [9.17, 15) is 57.0 Å². The minimum atomic E-state index is -3.56. The summed E-state index contributed by atoms with van der Waals surface area (Å²) in [5.41, 5.74) is 0. The summed E-state index contributed by atoms with van der Waals surface area (Å²) in [7, 11) is -3.56. The van der Waals surface area contributed by atoms with Crippen molar-refractivity contribution in [1.82, 2.24) is 31.3 Å². The summed E-state index contributed by atoms with van der Waals surface area (Å²) in [5.74, 6) is -5.84. The second kappa shape index (κ2) is 41.1. The molecule has 0 fully saturated rings. The van der Waals surface area contributed by atoms with Gasteiger partial charge >= 0.3 is 11.9 Å². The Morgan fingerprint density at radius 3 is 1.76 bits per heavy atom. The van der Waals surface area contributed by atoms with E-state index in [1.165, 1.54) is 58.3 Å². The Morgan fingerprint density at radius 1 is 0.586 bits per heavy atom. The smallest absolute Gasteiger partial charge is 0.326 e. The predicted octanol–water partition coefficient (Wildman–Crippen LogP) is 3.88. The van der Waals surface area contributed by atoms with Crippen LogP contribution < -0.4 is 10.6 Å². The molecule has 5 N–H and O–H groups in total. The summed E-state index contributed by atoms with van der Waals surface area (Å²) in [6.07, 6.45) is 15.8. The maximum atomic E-state index is 12.4. The van der Waals surface area contributed by atoms with E-state index in [4.69, 9.17) is 18.9 Å². The van der Waals surface area contributed by atoms with Gasteiger partial charge in [0.2, 0.25) is 11.8 Å². The number of sulfone groups is 1. The monoisotopic (exact) mass is 1020 g/mol. The zero-order valence-corrected chi connectivity index (χ0v) is 42.1. The third kappa shape index (κ3) is 38.2. The molecule has 2 atom stereocenters. The Hall–Kier alpha value is -4.58. The zero-order chi connectivity index (χ0) is 51.7. The van der Waals surface area contributed by atoms with Crippen LogP contribution in [0.5, 0.6) is 0 Å². The van der Waals surface area contributed by atoms with E-state index in [1.807, 2.05) is 0 Å². The van der Waals surface area contributed by atoms with Gasteiger partial charge in [0, 0.05) is 58.1 Å². The summed E-state index contributed by atoms with van der Waals surface area (Å²) in [5, 5.41) is 37.5. The van der Waals surface area contributed by atoms with Crippen LogP contribution >= 0.6 is 0 Å². The number of ketones is 4. The number of carbonyl (C=O) groups excluding carboxylic acids is 6. The van der Waals surface area contributed by atoms with Gasteiger partial charge in [-0.1, -0.05) is 75.8 Å². The molecule has 0 saturated heterocycles. The van der Waals surface area contributed by atoms with Gasteiger partial charge < -0.3 is 44.6 Å². The number of hydrogen-bond acceptors (Lipinski definition) is 17. The van der Waals surface area contributed by atoms with Gasteiger partial charge in [0.15, 0.2) is 21.4 Å². The van der Waals surface area contributed by atoms with Crippen LogP contribution in [0, 0.1) is 5.92 Å². The molecule has 0 aliphatic carbocycles. The van der Waals surface area contributed by atoms with Gasteiger partial charge in [-0.25, -0.2) is 13.2 Å². The summed E-state index contributed by atoms with van der Waals surface area (Å²) in [6, 6.07) is -1.29. The molecule has 400 valence electrons. The fourth-order valence-corrected chi connectivity index (χ4v) is 8.50. The van der Waals surface area contributed by atoms with E-state index in [0.717, 1.165) is 37.9 Å². The fourth-order valence-electron chi connectivity index (χ4n) is 7.14. The van der Waals surface area contributed by atoms with Gasteiger partial charge in [-0.2, -0.15) is 5.21 Å². The zero-order valence-electron chi connectivity index (χ0n) is 41.3. The van der Waals surface area contributed by atoms with Gasteiger partial charge in [0.1, 0.15) is 42.4 Å². The molecule has 0 spiro atoms. The fraction of sp³-hybridized carbons (Fsp3) is 0.809. The number of H-pyrrole nitrogens is 1. The molecule has 0 saturated carbocycles. The molecule has 0 aliphatic heterocycles. The quantitative estimate of drug-likeness (QED) is 0.0578. The van der Waals surface area contributed by atoms with Crippen LogP contribution in [0.1, 0.15) is 160 Å². The van der Waals surface area contributed by atoms with Crippen molar-refractivity contribution in [3.05, 3.63) is 5.82 Å². The van der Waals surface area contributed by atoms with Crippen molar-refractivity contribution in [3.8, 4) is 0 Å². The largest absolute Gasteiger partial charge is 0.481 e. The van der Waals surface area contributed by atoms with Crippen molar-refractivity contribution in [2.45, 2.75) is 167 Å². The summed E-state index contributed by atoms with van der Waals surface area (Å²) < 4.78 is 46.2. The minimum absolute atomic E-state index is 0.0256. The van der Waals surface area contributed by atoms with E-state index >= 15 is 0 Å². The van der Waals surface area contributed by atoms with Crippen LogP contribution in [0.3, 0.4) is 0 Å². The molecule has 0 aromatic carbocycles. The van der Waals surface area contributed by atoms with E-state index in [0.29, 0.717) is 19.4 Å². The van der Waals surface area contributed by atoms with Crippen LogP contribution in [0.25, 0.3) is 0 Å². The van der Waals surface area contributed by atoms with Gasteiger partial charge in [-0.3, -0.25) is 28.8 Å². The molecule has 0 bridgehead atoms. The number of ether oxygens (including phenoxy) is 4. The lowest BCUT2D eigenvalue weighted by molar-refractivity contribution is -0.145. The van der Waals surface area contributed by atoms with Crippen LogP contribution in [0.4, 0.5) is 0 Å². The van der Waals surface area contributed by atoms with Crippen molar-refractivity contribution in [2.75, 3.05) is 70.9 Å².